The largest absolute Gasteiger partial charge is 0.495 e. The molecule has 2 aliphatic rings. The van der Waals surface area contributed by atoms with Crippen molar-refractivity contribution in [3.05, 3.63) is 53.7 Å². The third-order valence-corrected chi connectivity index (χ3v) is 5.73. The number of carbonyl (C=O) groups is 2. The molecule has 0 aromatic heterocycles. The van der Waals surface area contributed by atoms with E-state index in [0.717, 1.165) is 32.4 Å². The fourth-order valence-electron chi connectivity index (χ4n) is 4.21. The number of likely N-dealkylation sites (tertiary alicyclic amines) is 1. The van der Waals surface area contributed by atoms with Crippen LogP contribution in [0, 0.1) is 0 Å². The second-order valence-electron chi connectivity index (χ2n) is 7.46. The first-order valence-electron chi connectivity index (χ1n) is 10.3. The number of para-hydroxylation sites is 2. The summed E-state index contributed by atoms with van der Waals surface area (Å²) in [6.07, 6.45) is 3.09. The highest BCUT2D eigenvalue weighted by molar-refractivity contribution is 6.45. The van der Waals surface area contributed by atoms with Gasteiger partial charge in [-0.2, -0.15) is 0 Å². The van der Waals surface area contributed by atoms with Crippen molar-refractivity contribution in [1.29, 1.82) is 0 Å². The summed E-state index contributed by atoms with van der Waals surface area (Å²) >= 11 is 0. The number of anilines is 1. The van der Waals surface area contributed by atoms with E-state index >= 15 is 0 Å². The van der Waals surface area contributed by atoms with Crippen molar-refractivity contribution in [2.24, 2.45) is 0 Å². The van der Waals surface area contributed by atoms with Gasteiger partial charge in [0.2, 0.25) is 0 Å². The molecule has 0 N–H and O–H groups in total. The molecular weight excluding hydrogens is 396 g/mol. The number of ether oxygens (including phenoxy) is 3. The number of carbonyl (C=O) groups excluding carboxylic acids is 2. The van der Waals surface area contributed by atoms with Gasteiger partial charge in [-0.15, -0.1) is 0 Å². The lowest BCUT2D eigenvalue weighted by Crippen LogP contribution is -2.37. The molecule has 2 heterocycles. The summed E-state index contributed by atoms with van der Waals surface area (Å²) in [5.41, 5.74) is 1.86. The second-order valence-corrected chi connectivity index (χ2v) is 7.46. The SMILES string of the molecule is COc1ccc(C2=C(N3CCCCC3)C(=O)N(c3ccccc3OC)C2=O)cc1OC. The van der Waals surface area contributed by atoms with E-state index in [4.69, 9.17) is 14.2 Å². The van der Waals surface area contributed by atoms with E-state index in [9.17, 15) is 9.59 Å². The third kappa shape index (κ3) is 3.60. The predicted octanol–water partition coefficient (Wildman–Crippen LogP) is 3.48. The Morgan fingerprint density at radius 1 is 0.742 bits per heavy atom. The average Bonchev–Trinajstić information content (AvgIpc) is 3.08. The van der Waals surface area contributed by atoms with Crippen LogP contribution in [-0.2, 0) is 9.59 Å². The molecule has 0 atom stereocenters. The van der Waals surface area contributed by atoms with E-state index in [1.54, 1.807) is 50.6 Å². The zero-order valence-corrected chi connectivity index (χ0v) is 18.0. The maximum Gasteiger partial charge on any atom is 0.282 e. The lowest BCUT2D eigenvalue weighted by atomic mass is 10.0. The number of piperidine rings is 1. The standard InChI is InChI=1S/C24H26N2O5/c1-29-18-10-6-5-9-17(18)26-23(27)21(16-11-12-19(30-2)20(15-16)31-3)22(24(26)28)25-13-7-4-8-14-25/h5-6,9-12,15H,4,7-8,13-14H2,1-3H3. The number of hydrogen-bond acceptors (Lipinski definition) is 6. The number of methoxy groups -OCH3 is 3. The van der Waals surface area contributed by atoms with Gasteiger partial charge in [0.25, 0.3) is 11.8 Å². The van der Waals surface area contributed by atoms with Crippen molar-refractivity contribution in [3.63, 3.8) is 0 Å². The summed E-state index contributed by atoms with van der Waals surface area (Å²) < 4.78 is 16.2. The Kier molecular flexibility index (Phi) is 5.84. The van der Waals surface area contributed by atoms with Crippen molar-refractivity contribution in [2.45, 2.75) is 19.3 Å². The monoisotopic (exact) mass is 422 g/mol. The van der Waals surface area contributed by atoms with Gasteiger partial charge in [0.05, 0.1) is 32.6 Å². The van der Waals surface area contributed by atoms with Gasteiger partial charge >= 0.3 is 0 Å². The number of imide groups is 1. The van der Waals surface area contributed by atoms with Gasteiger partial charge in [-0.3, -0.25) is 9.59 Å². The molecule has 7 nitrogen and oxygen atoms in total. The van der Waals surface area contributed by atoms with Gasteiger partial charge in [-0.25, -0.2) is 4.90 Å². The van der Waals surface area contributed by atoms with Crippen molar-refractivity contribution in [2.75, 3.05) is 39.3 Å². The van der Waals surface area contributed by atoms with Crippen molar-refractivity contribution >= 4 is 23.1 Å². The van der Waals surface area contributed by atoms with Crippen molar-refractivity contribution < 1.29 is 23.8 Å². The summed E-state index contributed by atoms with van der Waals surface area (Å²) in [6.45, 7) is 1.48. The van der Waals surface area contributed by atoms with Crippen LogP contribution in [0.4, 0.5) is 5.69 Å². The Labute approximate surface area is 181 Å². The van der Waals surface area contributed by atoms with Gasteiger partial charge in [0.15, 0.2) is 11.5 Å². The maximum absolute atomic E-state index is 13.7. The second kappa shape index (κ2) is 8.71. The molecule has 2 amide bonds. The highest BCUT2D eigenvalue weighted by Gasteiger charge is 2.43. The summed E-state index contributed by atoms with van der Waals surface area (Å²) in [5.74, 6) is 0.824. The number of benzene rings is 2. The molecule has 0 radical (unpaired) electrons. The van der Waals surface area contributed by atoms with Crippen LogP contribution >= 0.6 is 0 Å². The number of nitrogens with zero attached hydrogens (tertiary/aromatic N) is 2. The zero-order valence-electron chi connectivity index (χ0n) is 18.0. The van der Waals surface area contributed by atoms with Crippen LogP contribution in [0.1, 0.15) is 24.8 Å². The van der Waals surface area contributed by atoms with Crippen LogP contribution in [-0.4, -0.2) is 51.1 Å². The number of hydrogen-bond donors (Lipinski definition) is 0. The Morgan fingerprint density at radius 3 is 2.10 bits per heavy atom. The smallest absolute Gasteiger partial charge is 0.282 e. The van der Waals surface area contributed by atoms with E-state index in [1.807, 2.05) is 11.0 Å². The van der Waals surface area contributed by atoms with E-state index in [2.05, 4.69) is 0 Å². The highest BCUT2D eigenvalue weighted by atomic mass is 16.5. The molecule has 1 saturated heterocycles. The lowest BCUT2D eigenvalue weighted by Gasteiger charge is -2.29. The fraction of sp³-hybridized carbons (Fsp3) is 0.333. The van der Waals surface area contributed by atoms with Gasteiger partial charge in [-0.1, -0.05) is 18.2 Å². The molecule has 1 fully saturated rings. The molecule has 0 bridgehead atoms. The Morgan fingerprint density at radius 2 is 1.42 bits per heavy atom. The molecule has 0 aliphatic carbocycles. The van der Waals surface area contributed by atoms with Crippen LogP contribution in [0.5, 0.6) is 17.2 Å². The van der Waals surface area contributed by atoms with E-state index in [-0.39, 0.29) is 11.8 Å². The molecule has 162 valence electrons. The predicted molar refractivity (Wildman–Crippen MR) is 117 cm³/mol. The minimum Gasteiger partial charge on any atom is -0.495 e. The quantitative estimate of drug-likeness (QED) is 0.664. The molecular formula is C24H26N2O5. The highest BCUT2D eigenvalue weighted by Crippen LogP contribution is 2.40. The molecule has 0 unspecified atom stereocenters. The van der Waals surface area contributed by atoms with Gasteiger partial charge < -0.3 is 19.1 Å². The Balaban J connectivity index is 1.86. The summed E-state index contributed by atoms with van der Waals surface area (Å²) in [5, 5.41) is 0. The molecule has 2 aromatic carbocycles. The van der Waals surface area contributed by atoms with Crippen molar-refractivity contribution in [3.8, 4) is 17.2 Å². The van der Waals surface area contributed by atoms with E-state index in [0.29, 0.717) is 39.8 Å². The average molecular weight is 422 g/mol. The summed E-state index contributed by atoms with van der Waals surface area (Å²) in [6, 6.07) is 12.3. The first-order valence-corrected chi connectivity index (χ1v) is 10.3. The topological polar surface area (TPSA) is 68.3 Å². The molecule has 2 aromatic rings. The Bertz CT molecular complexity index is 1040. The Hall–Kier alpha value is -3.48. The van der Waals surface area contributed by atoms with Crippen LogP contribution < -0.4 is 19.1 Å². The normalized spacial score (nSPS) is 16.7. The van der Waals surface area contributed by atoms with Gasteiger partial charge in [0.1, 0.15) is 11.4 Å². The number of amides is 2. The van der Waals surface area contributed by atoms with E-state index < -0.39 is 0 Å². The van der Waals surface area contributed by atoms with Gasteiger partial charge in [0, 0.05) is 13.1 Å². The molecule has 0 spiro atoms. The first kappa shape index (κ1) is 20.8. The van der Waals surface area contributed by atoms with Crippen molar-refractivity contribution in [1.82, 2.24) is 4.90 Å². The summed E-state index contributed by atoms with van der Waals surface area (Å²) in [4.78, 5) is 30.6. The fourth-order valence-corrected chi connectivity index (χ4v) is 4.21. The maximum atomic E-state index is 13.7. The molecule has 7 heteroatoms. The third-order valence-electron chi connectivity index (χ3n) is 5.73. The van der Waals surface area contributed by atoms with Crippen LogP contribution in [0.25, 0.3) is 5.57 Å². The molecule has 2 aliphatic heterocycles. The van der Waals surface area contributed by atoms with Crippen LogP contribution in [0.15, 0.2) is 48.2 Å². The molecule has 0 saturated carbocycles. The minimum absolute atomic E-state index is 0.332. The first-order chi connectivity index (χ1) is 15.1. The van der Waals surface area contributed by atoms with Crippen LogP contribution in [0.2, 0.25) is 0 Å². The van der Waals surface area contributed by atoms with E-state index in [1.165, 1.54) is 12.0 Å². The zero-order chi connectivity index (χ0) is 22.0. The number of rotatable bonds is 6. The summed E-state index contributed by atoms with van der Waals surface area (Å²) in [7, 11) is 4.63. The van der Waals surface area contributed by atoms with Crippen LogP contribution in [0.3, 0.4) is 0 Å². The van der Waals surface area contributed by atoms with Gasteiger partial charge in [-0.05, 0) is 49.1 Å². The molecule has 4 rings (SSSR count). The molecule has 31 heavy (non-hydrogen) atoms. The lowest BCUT2D eigenvalue weighted by molar-refractivity contribution is -0.120. The minimum atomic E-state index is -0.373.